The third-order valence-electron chi connectivity index (χ3n) is 1.94. The molecule has 0 radical (unpaired) electrons. The Morgan fingerprint density at radius 2 is 1.81 bits per heavy atom. The Labute approximate surface area is 94.4 Å². The number of amides is 2. The van der Waals surface area contributed by atoms with Crippen LogP contribution < -0.4 is 10.6 Å². The molecule has 3 N–H and O–H groups in total. The number of carbonyl (C=O) groups is 3. The van der Waals surface area contributed by atoms with E-state index >= 15 is 0 Å². The molecule has 0 unspecified atom stereocenters. The Hall–Kier alpha value is -1.59. The lowest BCUT2D eigenvalue weighted by Crippen LogP contribution is -2.47. The lowest BCUT2D eigenvalue weighted by atomic mass is 9.98. The van der Waals surface area contributed by atoms with Gasteiger partial charge in [0, 0.05) is 18.9 Å². The molecular weight excluding hydrogens is 212 g/mol. The van der Waals surface area contributed by atoms with Crippen LogP contribution in [-0.4, -0.2) is 35.0 Å². The summed E-state index contributed by atoms with van der Waals surface area (Å²) >= 11 is 0. The van der Waals surface area contributed by atoms with Crippen molar-refractivity contribution in [3.05, 3.63) is 0 Å². The quantitative estimate of drug-likeness (QED) is 0.593. The lowest BCUT2D eigenvalue weighted by molar-refractivity contribution is -0.137. The second-order valence-electron chi connectivity index (χ2n) is 4.24. The number of hydrogen-bond donors (Lipinski definition) is 3. The van der Waals surface area contributed by atoms with E-state index in [9.17, 15) is 14.4 Å². The summed E-state index contributed by atoms with van der Waals surface area (Å²) in [7, 11) is 0. The largest absolute Gasteiger partial charge is 0.481 e. The van der Waals surface area contributed by atoms with Crippen molar-refractivity contribution in [1.29, 1.82) is 0 Å². The van der Waals surface area contributed by atoms with E-state index in [0.717, 1.165) is 0 Å². The van der Waals surface area contributed by atoms with Gasteiger partial charge in [-0.25, -0.2) is 0 Å². The van der Waals surface area contributed by atoms with Gasteiger partial charge in [0.05, 0.1) is 6.54 Å². The second-order valence-corrected chi connectivity index (χ2v) is 4.24. The predicted molar refractivity (Wildman–Crippen MR) is 57.8 cm³/mol. The molecule has 0 bridgehead atoms. The van der Waals surface area contributed by atoms with Crippen LogP contribution >= 0.6 is 0 Å². The molecule has 0 aromatic heterocycles. The van der Waals surface area contributed by atoms with Crippen molar-refractivity contribution in [3.63, 3.8) is 0 Å². The monoisotopic (exact) mass is 230 g/mol. The van der Waals surface area contributed by atoms with Gasteiger partial charge in [-0.05, 0) is 20.3 Å². The Morgan fingerprint density at radius 3 is 2.25 bits per heavy atom. The van der Waals surface area contributed by atoms with Gasteiger partial charge in [0.1, 0.15) is 0 Å². The van der Waals surface area contributed by atoms with Crippen LogP contribution in [0.25, 0.3) is 0 Å². The molecule has 0 heterocycles. The minimum absolute atomic E-state index is 0.00653. The summed E-state index contributed by atoms with van der Waals surface area (Å²) in [6, 6.07) is 0. The molecule has 0 fully saturated rings. The smallest absolute Gasteiger partial charge is 0.303 e. The van der Waals surface area contributed by atoms with Crippen LogP contribution in [0.4, 0.5) is 0 Å². The SMILES string of the molecule is CC(=O)NCC(=O)NC(C)(C)CCC(=O)O. The maximum Gasteiger partial charge on any atom is 0.303 e. The third kappa shape index (κ3) is 7.78. The average molecular weight is 230 g/mol. The van der Waals surface area contributed by atoms with Gasteiger partial charge in [-0.3, -0.25) is 14.4 Å². The fraction of sp³-hybridized carbons (Fsp3) is 0.700. The first-order chi connectivity index (χ1) is 7.23. The van der Waals surface area contributed by atoms with Gasteiger partial charge in [0.15, 0.2) is 0 Å². The molecule has 0 aliphatic carbocycles. The molecule has 0 rings (SSSR count). The summed E-state index contributed by atoms with van der Waals surface area (Å²) in [4.78, 5) is 32.3. The van der Waals surface area contributed by atoms with Crippen LogP contribution in [0.2, 0.25) is 0 Å². The zero-order valence-corrected chi connectivity index (χ0v) is 9.79. The zero-order valence-electron chi connectivity index (χ0n) is 9.79. The molecule has 0 aromatic rings. The highest BCUT2D eigenvalue weighted by Crippen LogP contribution is 2.10. The predicted octanol–water partition coefficient (Wildman–Crippen LogP) is -0.118. The molecule has 16 heavy (non-hydrogen) atoms. The van der Waals surface area contributed by atoms with E-state index in [2.05, 4.69) is 10.6 Å². The van der Waals surface area contributed by atoms with Crippen molar-refractivity contribution in [1.82, 2.24) is 10.6 Å². The first kappa shape index (κ1) is 14.4. The first-order valence-corrected chi connectivity index (χ1v) is 5.00. The summed E-state index contributed by atoms with van der Waals surface area (Å²) in [5, 5.41) is 13.5. The molecule has 0 saturated carbocycles. The Morgan fingerprint density at radius 1 is 1.25 bits per heavy atom. The van der Waals surface area contributed by atoms with E-state index < -0.39 is 11.5 Å². The maximum absolute atomic E-state index is 11.3. The van der Waals surface area contributed by atoms with E-state index in [0.29, 0.717) is 6.42 Å². The highest BCUT2D eigenvalue weighted by atomic mass is 16.4. The van der Waals surface area contributed by atoms with Crippen LogP contribution in [0.5, 0.6) is 0 Å². The molecule has 2 amide bonds. The van der Waals surface area contributed by atoms with Crippen LogP contribution in [-0.2, 0) is 14.4 Å². The number of hydrogen-bond acceptors (Lipinski definition) is 3. The highest BCUT2D eigenvalue weighted by Gasteiger charge is 2.21. The first-order valence-electron chi connectivity index (χ1n) is 5.00. The minimum Gasteiger partial charge on any atom is -0.481 e. The fourth-order valence-corrected chi connectivity index (χ4v) is 1.11. The van der Waals surface area contributed by atoms with E-state index in [1.807, 2.05) is 0 Å². The average Bonchev–Trinajstić information content (AvgIpc) is 2.11. The van der Waals surface area contributed by atoms with Gasteiger partial charge >= 0.3 is 5.97 Å². The van der Waals surface area contributed by atoms with Gasteiger partial charge in [-0.2, -0.15) is 0 Å². The van der Waals surface area contributed by atoms with Gasteiger partial charge in [0.25, 0.3) is 0 Å². The Bertz CT molecular complexity index is 287. The Kier molecular flexibility index (Phi) is 5.49. The molecule has 0 atom stereocenters. The van der Waals surface area contributed by atoms with Crippen LogP contribution in [0.3, 0.4) is 0 Å². The van der Waals surface area contributed by atoms with Crippen molar-refractivity contribution < 1.29 is 19.5 Å². The summed E-state index contributed by atoms with van der Waals surface area (Å²) in [5.74, 6) is -1.51. The molecule has 0 spiro atoms. The van der Waals surface area contributed by atoms with Crippen LogP contribution in [0, 0.1) is 0 Å². The maximum atomic E-state index is 11.3. The van der Waals surface area contributed by atoms with E-state index in [1.165, 1.54) is 6.92 Å². The van der Waals surface area contributed by atoms with Gasteiger partial charge < -0.3 is 15.7 Å². The molecule has 0 aromatic carbocycles. The topological polar surface area (TPSA) is 95.5 Å². The number of carbonyl (C=O) groups excluding carboxylic acids is 2. The summed E-state index contributed by atoms with van der Waals surface area (Å²) in [6.45, 7) is 4.71. The van der Waals surface area contributed by atoms with Crippen molar-refractivity contribution in [2.45, 2.75) is 39.2 Å². The zero-order chi connectivity index (χ0) is 12.8. The van der Waals surface area contributed by atoms with Gasteiger partial charge in [0.2, 0.25) is 11.8 Å². The highest BCUT2D eigenvalue weighted by molar-refractivity contribution is 5.84. The Balaban J connectivity index is 3.99. The minimum atomic E-state index is -0.899. The molecule has 92 valence electrons. The molecular formula is C10H18N2O4. The third-order valence-corrected chi connectivity index (χ3v) is 1.94. The number of carboxylic acids is 1. The summed E-state index contributed by atoms with van der Waals surface area (Å²) < 4.78 is 0. The van der Waals surface area contributed by atoms with E-state index in [1.54, 1.807) is 13.8 Å². The number of aliphatic carboxylic acids is 1. The summed E-state index contributed by atoms with van der Waals surface area (Å²) in [5.41, 5.74) is -0.589. The van der Waals surface area contributed by atoms with Crippen molar-refractivity contribution in [2.75, 3.05) is 6.54 Å². The molecule has 0 aliphatic rings. The van der Waals surface area contributed by atoms with Gasteiger partial charge in [-0.15, -0.1) is 0 Å². The number of carboxylic acid groups (broad SMARTS) is 1. The molecule has 0 saturated heterocycles. The standard InChI is InChI=1S/C10H18N2O4/c1-7(13)11-6-8(14)12-10(2,3)5-4-9(15)16/h4-6H2,1-3H3,(H,11,13)(H,12,14)(H,15,16). The van der Waals surface area contributed by atoms with Crippen LogP contribution in [0.1, 0.15) is 33.6 Å². The normalized spacial score (nSPS) is 10.7. The number of nitrogens with one attached hydrogen (secondary N) is 2. The van der Waals surface area contributed by atoms with Crippen molar-refractivity contribution >= 4 is 17.8 Å². The second kappa shape index (κ2) is 6.09. The van der Waals surface area contributed by atoms with Crippen molar-refractivity contribution in [3.8, 4) is 0 Å². The van der Waals surface area contributed by atoms with E-state index in [-0.39, 0.29) is 24.8 Å². The molecule has 6 heteroatoms. The van der Waals surface area contributed by atoms with Gasteiger partial charge in [-0.1, -0.05) is 0 Å². The van der Waals surface area contributed by atoms with Crippen molar-refractivity contribution in [2.24, 2.45) is 0 Å². The van der Waals surface area contributed by atoms with E-state index in [4.69, 9.17) is 5.11 Å². The lowest BCUT2D eigenvalue weighted by Gasteiger charge is -2.25. The molecule has 0 aliphatic heterocycles. The fourth-order valence-electron chi connectivity index (χ4n) is 1.11. The molecule has 6 nitrogen and oxygen atoms in total. The van der Waals surface area contributed by atoms with Crippen LogP contribution in [0.15, 0.2) is 0 Å². The summed E-state index contributed by atoms with van der Waals surface area (Å²) in [6.07, 6.45) is 0.335. The number of rotatable bonds is 6.